The summed E-state index contributed by atoms with van der Waals surface area (Å²) in [7, 11) is -3.60. The van der Waals surface area contributed by atoms with Crippen LogP contribution in [0.1, 0.15) is 16.1 Å². The van der Waals surface area contributed by atoms with Gasteiger partial charge in [-0.2, -0.15) is 17.4 Å². The molecule has 1 aromatic rings. The van der Waals surface area contributed by atoms with E-state index in [1.165, 1.54) is 22.6 Å². The third-order valence-corrected chi connectivity index (χ3v) is 4.36. The normalized spacial score (nSPS) is 17.0. The number of ether oxygens (including phenoxy) is 1. The maximum Gasteiger partial charge on any atom is 0.335 e. The summed E-state index contributed by atoms with van der Waals surface area (Å²) in [6, 6.07) is 2.69. The molecule has 2 rings (SSSR count). The fourth-order valence-corrected chi connectivity index (χ4v) is 2.89. The number of hydrogen-bond acceptors (Lipinski definition) is 5. The first-order chi connectivity index (χ1) is 9.49. The molecule has 0 spiro atoms. The van der Waals surface area contributed by atoms with Crippen molar-refractivity contribution in [1.29, 1.82) is 0 Å². The van der Waals surface area contributed by atoms with Crippen LogP contribution in [0.2, 0.25) is 0 Å². The molecule has 2 N–H and O–H groups in total. The van der Waals surface area contributed by atoms with Crippen LogP contribution < -0.4 is 4.72 Å². The molecule has 0 saturated carbocycles. The lowest BCUT2D eigenvalue weighted by molar-refractivity contribution is 0.0696. The van der Waals surface area contributed by atoms with Crippen molar-refractivity contribution < 1.29 is 23.1 Å². The summed E-state index contributed by atoms with van der Waals surface area (Å²) in [5.41, 5.74) is 0.419. The number of nitrogens with zero attached hydrogens (tertiary/aromatic N) is 2. The quantitative estimate of drug-likeness (QED) is 0.755. The first kappa shape index (κ1) is 14.9. The van der Waals surface area contributed by atoms with Gasteiger partial charge in [-0.3, -0.25) is 4.98 Å². The zero-order valence-electron chi connectivity index (χ0n) is 10.7. The Labute approximate surface area is 116 Å². The Hall–Kier alpha value is -1.55. The molecule has 0 radical (unpaired) electrons. The molecule has 2 heterocycles. The zero-order chi connectivity index (χ0) is 14.6. The molecule has 1 saturated heterocycles. The van der Waals surface area contributed by atoms with Gasteiger partial charge in [0, 0.05) is 19.3 Å². The van der Waals surface area contributed by atoms with Crippen LogP contribution in [0.4, 0.5) is 0 Å². The van der Waals surface area contributed by atoms with Gasteiger partial charge in [0.2, 0.25) is 0 Å². The Kier molecular flexibility index (Phi) is 4.65. The fraction of sp³-hybridized carbons (Fsp3) is 0.455. The monoisotopic (exact) mass is 301 g/mol. The van der Waals surface area contributed by atoms with E-state index in [1.54, 1.807) is 0 Å². The molecule has 0 atom stereocenters. The summed E-state index contributed by atoms with van der Waals surface area (Å²) in [6.45, 7) is 1.29. The highest BCUT2D eigenvalue weighted by atomic mass is 32.2. The van der Waals surface area contributed by atoms with Crippen molar-refractivity contribution in [1.82, 2.24) is 14.0 Å². The van der Waals surface area contributed by atoms with Crippen LogP contribution in [0.3, 0.4) is 0 Å². The Morgan fingerprint density at radius 3 is 2.80 bits per heavy atom. The molecule has 1 aliphatic heterocycles. The first-order valence-corrected chi connectivity index (χ1v) is 7.44. The van der Waals surface area contributed by atoms with Crippen LogP contribution in [-0.2, 0) is 21.5 Å². The van der Waals surface area contributed by atoms with E-state index in [-0.39, 0.29) is 12.1 Å². The molecule has 20 heavy (non-hydrogen) atoms. The van der Waals surface area contributed by atoms with Crippen molar-refractivity contribution in [2.75, 3.05) is 26.3 Å². The minimum Gasteiger partial charge on any atom is -0.478 e. The highest BCUT2D eigenvalue weighted by molar-refractivity contribution is 7.87. The second-order valence-corrected chi connectivity index (χ2v) is 5.93. The van der Waals surface area contributed by atoms with E-state index in [0.717, 1.165) is 0 Å². The second-order valence-electron chi connectivity index (χ2n) is 4.18. The van der Waals surface area contributed by atoms with Crippen LogP contribution in [-0.4, -0.2) is 55.1 Å². The number of aromatic nitrogens is 1. The van der Waals surface area contributed by atoms with Gasteiger partial charge < -0.3 is 9.84 Å². The minimum absolute atomic E-state index is 0.0548. The van der Waals surface area contributed by atoms with Gasteiger partial charge in [0.05, 0.1) is 31.0 Å². The molecule has 1 aliphatic rings. The van der Waals surface area contributed by atoms with Crippen molar-refractivity contribution in [2.45, 2.75) is 6.54 Å². The molecule has 1 aromatic heterocycles. The molecule has 1 fully saturated rings. The average molecular weight is 301 g/mol. The molecule has 0 bridgehead atoms. The van der Waals surface area contributed by atoms with Gasteiger partial charge in [-0.25, -0.2) is 4.79 Å². The van der Waals surface area contributed by atoms with E-state index in [0.29, 0.717) is 32.0 Å². The molecule has 8 nitrogen and oxygen atoms in total. The Balaban J connectivity index is 2.00. The lowest BCUT2D eigenvalue weighted by atomic mass is 10.2. The van der Waals surface area contributed by atoms with Gasteiger partial charge in [-0.15, -0.1) is 0 Å². The lowest BCUT2D eigenvalue weighted by Gasteiger charge is -2.25. The third-order valence-electron chi connectivity index (χ3n) is 2.81. The van der Waals surface area contributed by atoms with Crippen molar-refractivity contribution in [3.8, 4) is 0 Å². The number of carboxylic acid groups (broad SMARTS) is 1. The van der Waals surface area contributed by atoms with E-state index < -0.39 is 16.2 Å². The van der Waals surface area contributed by atoms with Crippen LogP contribution >= 0.6 is 0 Å². The van der Waals surface area contributed by atoms with Gasteiger partial charge >= 0.3 is 5.97 Å². The van der Waals surface area contributed by atoms with Gasteiger partial charge in [-0.05, 0) is 12.1 Å². The number of hydrogen-bond donors (Lipinski definition) is 2. The summed E-state index contributed by atoms with van der Waals surface area (Å²) < 4.78 is 32.8. The second kappa shape index (κ2) is 6.27. The van der Waals surface area contributed by atoms with Crippen LogP contribution in [0.5, 0.6) is 0 Å². The van der Waals surface area contributed by atoms with Gasteiger partial charge in [0.1, 0.15) is 0 Å². The van der Waals surface area contributed by atoms with E-state index >= 15 is 0 Å². The Bertz CT molecular complexity index is 583. The average Bonchev–Trinajstić information content (AvgIpc) is 2.46. The van der Waals surface area contributed by atoms with Crippen molar-refractivity contribution in [3.63, 3.8) is 0 Å². The summed E-state index contributed by atoms with van der Waals surface area (Å²) in [4.78, 5) is 14.7. The minimum atomic E-state index is -3.60. The van der Waals surface area contributed by atoms with E-state index in [4.69, 9.17) is 9.84 Å². The zero-order valence-corrected chi connectivity index (χ0v) is 11.5. The van der Waals surface area contributed by atoms with E-state index in [2.05, 4.69) is 9.71 Å². The lowest BCUT2D eigenvalue weighted by Crippen LogP contribution is -2.46. The van der Waals surface area contributed by atoms with Crippen molar-refractivity contribution >= 4 is 16.2 Å². The number of aromatic carboxylic acids is 1. The third kappa shape index (κ3) is 3.73. The van der Waals surface area contributed by atoms with Gasteiger partial charge in [-0.1, -0.05) is 0 Å². The van der Waals surface area contributed by atoms with Crippen LogP contribution in [0.25, 0.3) is 0 Å². The van der Waals surface area contributed by atoms with E-state index in [9.17, 15) is 13.2 Å². The molecule has 0 aromatic carbocycles. The smallest absolute Gasteiger partial charge is 0.335 e. The molecular weight excluding hydrogens is 286 g/mol. The summed E-state index contributed by atoms with van der Waals surface area (Å²) in [5, 5.41) is 8.85. The first-order valence-electron chi connectivity index (χ1n) is 6.00. The van der Waals surface area contributed by atoms with Gasteiger partial charge in [0.15, 0.2) is 0 Å². The Morgan fingerprint density at radius 1 is 1.45 bits per heavy atom. The van der Waals surface area contributed by atoms with Crippen LogP contribution in [0.15, 0.2) is 18.3 Å². The standard InChI is InChI=1S/C11H15N3O5S/c15-11(16)9-1-2-12-10(7-9)8-13-20(17,18)14-3-5-19-6-4-14/h1-2,7,13H,3-6,8H2,(H,15,16). The molecule has 0 amide bonds. The molecular formula is C11H15N3O5S. The number of rotatable bonds is 5. The van der Waals surface area contributed by atoms with Crippen molar-refractivity contribution in [3.05, 3.63) is 29.6 Å². The van der Waals surface area contributed by atoms with Crippen LogP contribution in [0, 0.1) is 0 Å². The molecule has 0 aliphatic carbocycles. The van der Waals surface area contributed by atoms with Gasteiger partial charge in [0.25, 0.3) is 10.2 Å². The largest absolute Gasteiger partial charge is 0.478 e. The maximum absolute atomic E-state index is 12.0. The summed E-state index contributed by atoms with van der Waals surface area (Å²) >= 11 is 0. The highest BCUT2D eigenvalue weighted by Gasteiger charge is 2.23. The van der Waals surface area contributed by atoms with E-state index in [1.807, 2.05) is 0 Å². The predicted molar refractivity (Wildman–Crippen MR) is 69.3 cm³/mol. The highest BCUT2D eigenvalue weighted by Crippen LogP contribution is 2.06. The number of nitrogens with one attached hydrogen (secondary N) is 1. The molecule has 9 heteroatoms. The Morgan fingerprint density at radius 2 is 2.15 bits per heavy atom. The summed E-state index contributed by atoms with van der Waals surface area (Å²) in [6.07, 6.45) is 1.34. The predicted octanol–water partition coefficient (Wildman–Crippen LogP) is -0.554. The molecule has 110 valence electrons. The SMILES string of the molecule is O=C(O)c1ccnc(CNS(=O)(=O)N2CCOCC2)c1. The number of morpholine rings is 1. The number of carbonyl (C=O) groups is 1. The fourth-order valence-electron chi connectivity index (χ4n) is 1.75. The number of carboxylic acids is 1. The molecule has 0 unspecified atom stereocenters. The van der Waals surface area contributed by atoms with Crippen molar-refractivity contribution in [2.24, 2.45) is 0 Å². The maximum atomic E-state index is 12.0. The number of pyridine rings is 1. The summed E-state index contributed by atoms with van der Waals surface area (Å²) in [5.74, 6) is -1.08. The topological polar surface area (TPSA) is 109 Å².